The van der Waals surface area contributed by atoms with Gasteiger partial charge in [-0.25, -0.2) is 0 Å². The number of nitrogens with zero attached hydrogens (tertiary/aromatic N) is 2. The van der Waals surface area contributed by atoms with Crippen molar-refractivity contribution in [1.29, 1.82) is 0 Å². The number of hydrogen-bond donors (Lipinski definition) is 1. The van der Waals surface area contributed by atoms with Crippen LogP contribution in [0.25, 0.3) is 0 Å². The summed E-state index contributed by atoms with van der Waals surface area (Å²) >= 11 is 0. The molecule has 2 amide bonds. The number of rotatable bonds is 5. The second-order valence-corrected chi connectivity index (χ2v) is 5.27. The third-order valence-corrected chi connectivity index (χ3v) is 3.50. The van der Waals surface area contributed by atoms with E-state index in [-0.39, 0.29) is 6.04 Å². The van der Waals surface area contributed by atoms with Crippen LogP contribution in [0.1, 0.15) is 13.8 Å². The van der Waals surface area contributed by atoms with Crippen molar-refractivity contribution in [3.63, 3.8) is 0 Å². The van der Waals surface area contributed by atoms with Gasteiger partial charge in [-0.15, -0.1) is 0 Å². The van der Waals surface area contributed by atoms with Crippen molar-refractivity contribution in [3.8, 4) is 5.75 Å². The smallest absolute Gasteiger partial charge is 0.312 e. The molecule has 1 aromatic carbocycles. The highest BCUT2D eigenvalue weighted by Crippen LogP contribution is 2.19. The van der Waals surface area contributed by atoms with Crippen LogP contribution >= 0.6 is 0 Å². The van der Waals surface area contributed by atoms with Gasteiger partial charge in [0.15, 0.2) is 0 Å². The van der Waals surface area contributed by atoms with E-state index in [2.05, 4.69) is 0 Å². The Kier molecular flexibility index (Phi) is 4.67. The number of anilines is 1. The first-order valence-corrected chi connectivity index (χ1v) is 7.08. The van der Waals surface area contributed by atoms with E-state index in [9.17, 15) is 9.59 Å². The minimum atomic E-state index is -0.459. The Morgan fingerprint density at radius 1 is 1.19 bits per heavy atom. The van der Waals surface area contributed by atoms with E-state index in [0.29, 0.717) is 37.7 Å². The quantitative estimate of drug-likeness (QED) is 0.641. The summed E-state index contributed by atoms with van der Waals surface area (Å²) in [5, 5.41) is 0. The number of nitrogen functional groups attached to an aromatic ring is 1. The largest absolute Gasteiger partial charge is 0.490 e. The predicted octanol–water partition coefficient (Wildman–Crippen LogP) is 0.727. The lowest BCUT2D eigenvalue weighted by atomic mass is 10.2. The van der Waals surface area contributed by atoms with E-state index in [1.54, 1.807) is 17.0 Å². The lowest BCUT2D eigenvalue weighted by molar-refractivity contribution is -0.157. The van der Waals surface area contributed by atoms with Crippen LogP contribution in [0.5, 0.6) is 5.75 Å². The van der Waals surface area contributed by atoms with Crippen LogP contribution in [0.15, 0.2) is 24.3 Å². The number of carbonyl (C=O) groups excluding carboxylic acids is 2. The Morgan fingerprint density at radius 3 is 2.57 bits per heavy atom. The lowest BCUT2D eigenvalue weighted by Gasteiger charge is -2.35. The van der Waals surface area contributed by atoms with Crippen LogP contribution in [-0.2, 0) is 9.59 Å². The molecule has 1 fully saturated rings. The highest BCUT2D eigenvalue weighted by Gasteiger charge is 2.33. The van der Waals surface area contributed by atoms with Gasteiger partial charge in [-0.3, -0.25) is 9.59 Å². The molecule has 0 aliphatic carbocycles. The lowest BCUT2D eigenvalue weighted by Crippen LogP contribution is -2.56. The molecule has 1 saturated heterocycles. The maximum Gasteiger partial charge on any atom is 0.312 e. The second kappa shape index (κ2) is 6.47. The van der Waals surface area contributed by atoms with E-state index in [4.69, 9.17) is 10.5 Å². The van der Waals surface area contributed by atoms with Crippen molar-refractivity contribution in [2.24, 2.45) is 0 Å². The van der Waals surface area contributed by atoms with Gasteiger partial charge in [0.2, 0.25) is 0 Å². The predicted molar refractivity (Wildman–Crippen MR) is 79.8 cm³/mol. The molecular weight excluding hydrogens is 270 g/mol. The molecule has 2 rings (SSSR count). The molecule has 1 aliphatic rings. The topological polar surface area (TPSA) is 75.9 Å². The Labute approximate surface area is 124 Å². The van der Waals surface area contributed by atoms with Crippen LogP contribution in [0, 0.1) is 0 Å². The minimum Gasteiger partial charge on any atom is -0.490 e. The second-order valence-electron chi connectivity index (χ2n) is 5.27. The van der Waals surface area contributed by atoms with Gasteiger partial charge in [-0.1, -0.05) is 12.1 Å². The zero-order valence-electron chi connectivity index (χ0n) is 12.4. The standard InChI is InChI=1S/C15H21N3O3/c1-11(2)18-8-7-17(14(19)15(18)20)9-10-21-13-6-4-3-5-12(13)16/h3-6,11H,7-10,16H2,1-2H3. The van der Waals surface area contributed by atoms with Crippen LogP contribution in [0.4, 0.5) is 5.69 Å². The van der Waals surface area contributed by atoms with Gasteiger partial charge in [-0.05, 0) is 26.0 Å². The maximum atomic E-state index is 12.0. The maximum absolute atomic E-state index is 12.0. The molecule has 0 bridgehead atoms. The van der Waals surface area contributed by atoms with Crippen molar-refractivity contribution >= 4 is 17.5 Å². The molecule has 1 heterocycles. The van der Waals surface area contributed by atoms with Crippen molar-refractivity contribution in [1.82, 2.24) is 9.80 Å². The first-order valence-electron chi connectivity index (χ1n) is 7.08. The molecular formula is C15H21N3O3. The number of nitrogens with two attached hydrogens (primary N) is 1. The number of hydrogen-bond acceptors (Lipinski definition) is 4. The first-order chi connectivity index (χ1) is 10.0. The summed E-state index contributed by atoms with van der Waals surface area (Å²) in [6.45, 7) is 5.61. The van der Waals surface area contributed by atoms with Crippen LogP contribution in [0.2, 0.25) is 0 Å². The molecule has 0 radical (unpaired) electrons. The van der Waals surface area contributed by atoms with E-state index >= 15 is 0 Å². The fourth-order valence-corrected chi connectivity index (χ4v) is 2.27. The molecule has 114 valence electrons. The Balaban J connectivity index is 1.86. The molecule has 0 spiro atoms. The van der Waals surface area contributed by atoms with Crippen molar-refractivity contribution in [2.75, 3.05) is 32.0 Å². The van der Waals surface area contributed by atoms with E-state index in [0.717, 1.165) is 0 Å². The number of benzene rings is 1. The average Bonchev–Trinajstić information content (AvgIpc) is 2.45. The summed E-state index contributed by atoms with van der Waals surface area (Å²) in [5.41, 5.74) is 6.33. The third-order valence-electron chi connectivity index (χ3n) is 3.50. The minimum absolute atomic E-state index is 0.0453. The highest BCUT2D eigenvalue weighted by atomic mass is 16.5. The molecule has 1 aromatic rings. The van der Waals surface area contributed by atoms with Crippen LogP contribution in [-0.4, -0.2) is 53.9 Å². The number of piperazine rings is 1. The average molecular weight is 291 g/mol. The molecule has 0 unspecified atom stereocenters. The first kappa shape index (κ1) is 15.2. The fraction of sp³-hybridized carbons (Fsp3) is 0.467. The van der Waals surface area contributed by atoms with E-state index in [1.807, 2.05) is 26.0 Å². The Hall–Kier alpha value is -2.24. The summed E-state index contributed by atoms with van der Waals surface area (Å²) in [7, 11) is 0. The summed E-state index contributed by atoms with van der Waals surface area (Å²) in [4.78, 5) is 27.1. The summed E-state index contributed by atoms with van der Waals surface area (Å²) in [6, 6.07) is 7.24. The monoisotopic (exact) mass is 291 g/mol. The summed E-state index contributed by atoms with van der Waals surface area (Å²) in [6.07, 6.45) is 0. The van der Waals surface area contributed by atoms with Gasteiger partial charge in [0, 0.05) is 19.1 Å². The van der Waals surface area contributed by atoms with Gasteiger partial charge >= 0.3 is 11.8 Å². The van der Waals surface area contributed by atoms with Crippen molar-refractivity contribution in [3.05, 3.63) is 24.3 Å². The van der Waals surface area contributed by atoms with Crippen molar-refractivity contribution < 1.29 is 14.3 Å². The number of amides is 2. The van der Waals surface area contributed by atoms with E-state index in [1.165, 1.54) is 4.90 Å². The Morgan fingerprint density at radius 2 is 1.90 bits per heavy atom. The van der Waals surface area contributed by atoms with Gasteiger partial charge < -0.3 is 20.3 Å². The number of para-hydroxylation sites is 2. The number of carbonyl (C=O) groups is 2. The molecule has 6 heteroatoms. The van der Waals surface area contributed by atoms with Crippen LogP contribution < -0.4 is 10.5 Å². The van der Waals surface area contributed by atoms with E-state index < -0.39 is 11.8 Å². The zero-order chi connectivity index (χ0) is 15.4. The molecule has 6 nitrogen and oxygen atoms in total. The van der Waals surface area contributed by atoms with Gasteiger partial charge in [-0.2, -0.15) is 0 Å². The van der Waals surface area contributed by atoms with Crippen LogP contribution in [0.3, 0.4) is 0 Å². The molecule has 2 N–H and O–H groups in total. The third kappa shape index (κ3) is 3.45. The van der Waals surface area contributed by atoms with Gasteiger partial charge in [0.25, 0.3) is 0 Å². The van der Waals surface area contributed by atoms with Gasteiger partial charge in [0.05, 0.1) is 12.2 Å². The normalized spacial score (nSPS) is 15.8. The zero-order valence-corrected chi connectivity index (χ0v) is 12.4. The van der Waals surface area contributed by atoms with Gasteiger partial charge in [0.1, 0.15) is 12.4 Å². The van der Waals surface area contributed by atoms with Crippen molar-refractivity contribution in [2.45, 2.75) is 19.9 Å². The molecule has 0 saturated carbocycles. The SMILES string of the molecule is CC(C)N1CCN(CCOc2ccccc2N)C(=O)C1=O. The highest BCUT2D eigenvalue weighted by molar-refractivity contribution is 6.35. The Bertz CT molecular complexity index is 531. The summed E-state index contributed by atoms with van der Waals surface area (Å²) < 4.78 is 5.55. The molecule has 0 aromatic heterocycles. The summed E-state index contributed by atoms with van der Waals surface area (Å²) in [5.74, 6) is -0.299. The fourth-order valence-electron chi connectivity index (χ4n) is 2.27. The molecule has 1 aliphatic heterocycles. The molecule has 21 heavy (non-hydrogen) atoms. The molecule has 0 atom stereocenters. The number of ether oxygens (including phenoxy) is 1.